The number of nitrogens with zero attached hydrogens (tertiary/aromatic N) is 3. The van der Waals surface area contributed by atoms with Crippen molar-refractivity contribution in [1.82, 2.24) is 20.1 Å². The van der Waals surface area contributed by atoms with Gasteiger partial charge in [0.25, 0.3) is 0 Å². The molecule has 0 aliphatic carbocycles. The molecule has 0 fully saturated rings. The zero-order chi connectivity index (χ0) is 17.6. The second-order valence-electron chi connectivity index (χ2n) is 6.25. The minimum Gasteiger partial charge on any atom is -0.359 e. The van der Waals surface area contributed by atoms with Crippen molar-refractivity contribution >= 4 is 27.8 Å². The van der Waals surface area contributed by atoms with Gasteiger partial charge in [-0.2, -0.15) is 0 Å². The van der Waals surface area contributed by atoms with Crippen LogP contribution in [0.3, 0.4) is 0 Å². The number of guanidine groups is 1. The number of hydrogen-bond acceptors (Lipinski definition) is 2. The summed E-state index contributed by atoms with van der Waals surface area (Å²) in [5, 5.41) is 5.97. The van der Waals surface area contributed by atoms with Crippen LogP contribution in [0.2, 0.25) is 0 Å². The number of aromatic nitrogens is 1. The topological polar surface area (TPSA) is 61.7 Å². The van der Waals surface area contributed by atoms with Crippen LogP contribution in [0.15, 0.2) is 21.7 Å². The number of hydrogen-bond donors (Lipinski definition) is 2. The summed E-state index contributed by atoms with van der Waals surface area (Å²) >= 11 is 3.49. The van der Waals surface area contributed by atoms with Gasteiger partial charge in [0.2, 0.25) is 5.91 Å². The number of carbonyl (C=O) groups is 1. The fraction of sp³-hybridized carbons (Fsp3) is 0.625. The number of rotatable bonds is 6. The van der Waals surface area contributed by atoms with E-state index in [1.807, 2.05) is 41.1 Å². The molecule has 23 heavy (non-hydrogen) atoms. The molecule has 0 bridgehead atoms. The molecule has 0 aliphatic rings. The van der Waals surface area contributed by atoms with Crippen molar-refractivity contribution in [2.24, 2.45) is 17.5 Å². The maximum Gasteiger partial charge on any atom is 0.227 e. The number of amides is 1. The lowest BCUT2D eigenvalue weighted by Crippen LogP contribution is -2.41. The van der Waals surface area contributed by atoms with Crippen LogP contribution in [0.25, 0.3) is 0 Å². The highest BCUT2D eigenvalue weighted by atomic mass is 79.9. The summed E-state index contributed by atoms with van der Waals surface area (Å²) in [6.07, 6.45) is 2.03. The first-order chi connectivity index (χ1) is 10.7. The zero-order valence-electron chi connectivity index (χ0n) is 14.9. The van der Waals surface area contributed by atoms with Crippen LogP contribution in [0, 0.1) is 5.41 Å². The van der Waals surface area contributed by atoms with E-state index in [1.165, 1.54) is 5.69 Å². The highest BCUT2D eigenvalue weighted by Crippen LogP contribution is 2.17. The molecule has 1 aromatic heterocycles. The molecule has 1 aromatic rings. The Morgan fingerprint density at radius 3 is 2.61 bits per heavy atom. The standard InChI is InChI=1S/C16H28BrN5O/c1-7-19-15(20-11-16(2,3)14(23)18-4)22(6)10-13-8-12(17)9-21(13)5/h8-9H,7,10-11H2,1-6H3,(H,18,23)(H,19,20). The van der Waals surface area contributed by atoms with Crippen LogP contribution >= 0.6 is 15.9 Å². The number of nitrogens with one attached hydrogen (secondary N) is 2. The SMILES string of the molecule is CCNC(=NCC(C)(C)C(=O)NC)N(C)Cc1cc(Br)cn1C. The Hall–Kier alpha value is -1.50. The van der Waals surface area contributed by atoms with Crippen molar-refractivity contribution in [2.45, 2.75) is 27.3 Å². The summed E-state index contributed by atoms with van der Waals surface area (Å²) in [4.78, 5) is 18.6. The molecule has 1 heterocycles. The van der Waals surface area contributed by atoms with Crippen LogP contribution < -0.4 is 10.6 Å². The molecule has 0 spiro atoms. The van der Waals surface area contributed by atoms with Crippen LogP contribution in [0.4, 0.5) is 0 Å². The predicted molar refractivity (Wildman–Crippen MR) is 98.4 cm³/mol. The minimum atomic E-state index is -0.537. The third kappa shape index (κ3) is 5.57. The summed E-state index contributed by atoms with van der Waals surface area (Å²) in [7, 11) is 5.67. The molecule has 1 amide bonds. The Balaban J connectivity index is 2.85. The molecule has 0 saturated carbocycles. The maximum absolute atomic E-state index is 11.9. The molecular formula is C16H28BrN5O. The van der Waals surface area contributed by atoms with Crippen molar-refractivity contribution in [3.8, 4) is 0 Å². The van der Waals surface area contributed by atoms with E-state index in [9.17, 15) is 4.79 Å². The van der Waals surface area contributed by atoms with Gasteiger partial charge in [-0.1, -0.05) is 0 Å². The highest BCUT2D eigenvalue weighted by molar-refractivity contribution is 9.10. The van der Waals surface area contributed by atoms with Gasteiger partial charge >= 0.3 is 0 Å². The van der Waals surface area contributed by atoms with Crippen molar-refractivity contribution in [3.63, 3.8) is 0 Å². The van der Waals surface area contributed by atoms with E-state index < -0.39 is 5.41 Å². The molecule has 2 N–H and O–H groups in total. The van der Waals surface area contributed by atoms with E-state index in [1.54, 1.807) is 7.05 Å². The summed E-state index contributed by atoms with van der Waals surface area (Å²) in [5.41, 5.74) is 0.639. The van der Waals surface area contributed by atoms with E-state index in [-0.39, 0.29) is 5.91 Å². The van der Waals surface area contributed by atoms with Crippen LogP contribution in [-0.4, -0.2) is 48.5 Å². The van der Waals surface area contributed by atoms with Gasteiger partial charge in [-0.05, 0) is 42.8 Å². The fourth-order valence-electron chi connectivity index (χ4n) is 2.19. The Morgan fingerprint density at radius 2 is 2.13 bits per heavy atom. The van der Waals surface area contributed by atoms with Crippen molar-refractivity contribution < 1.29 is 4.79 Å². The Labute approximate surface area is 147 Å². The smallest absolute Gasteiger partial charge is 0.227 e. The molecule has 130 valence electrons. The van der Waals surface area contributed by atoms with Gasteiger partial charge in [0, 0.05) is 44.1 Å². The van der Waals surface area contributed by atoms with Crippen LogP contribution in [-0.2, 0) is 18.4 Å². The first-order valence-corrected chi connectivity index (χ1v) is 8.53. The third-order valence-electron chi connectivity index (χ3n) is 3.64. The van der Waals surface area contributed by atoms with Gasteiger partial charge in [0.05, 0.1) is 18.5 Å². The normalized spacial score (nSPS) is 12.2. The van der Waals surface area contributed by atoms with Gasteiger partial charge in [-0.3, -0.25) is 9.79 Å². The number of aryl methyl sites for hydroxylation is 1. The molecular weight excluding hydrogens is 358 g/mol. The lowest BCUT2D eigenvalue weighted by Gasteiger charge is -2.25. The molecule has 6 nitrogen and oxygen atoms in total. The minimum absolute atomic E-state index is 0.00823. The second kappa shape index (κ2) is 8.38. The Kier molecular flexibility index (Phi) is 7.12. The van der Waals surface area contributed by atoms with E-state index >= 15 is 0 Å². The molecule has 0 aliphatic heterocycles. The average Bonchev–Trinajstić information content (AvgIpc) is 2.80. The van der Waals surface area contributed by atoms with E-state index in [0.29, 0.717) is 6.54 Å². The largest absolute Gasteiger partial charge is 0.359 e. The van der Waals surface area contributed by atoms with Crippen LogP contribution in [0.5, 0.6) is 0 Å². The summed E-state index contributed by atoms with van der Waals surface area (Å²) < 4.78 is 3.14. The van der Waals surface area contributed by atoms with Gasteiger partial charge in [0.1, 0.15) is 0 Å². The average molecular weight is 386 g/mol. The van der Waals surface area contributed by atoms with Gasteiger partial charge < -0.3 is 20.1 Å². The Bertz CT molecular complexity index is 565. The molecule has 0 atom stereocenters. The number of halogens is 1. The van der Waals surface area contributed by atoms with Gasteiger partial charge in [0.15, 0.2) is 5.96 Å². The first kappa shape index (κ1) is 19.5. The molecule has 7 heteroatoms. The highest BCUT2D eigenvalue weighted by Gasteiger charge is 2.26. The van der Waals surface area contributed by atoms with Crippen molar-refractivity contribution in [3.05, 3.63) is 22.4 Å². The zero-order valence-corrected chi connectivity index (χ0v) is 16.5. The first-order valence-electron chi connectivity index (χ1n) is 7.73. The van der Waals surface area contributed by atoms with E-state index in [2.05, 4.69) is 47.1 Å². The summed E-state index contributed by atoms with van der Waals surface area (Å²) in [6.45, 7) is 7.76. The summed E-state index contributed by atoms with van der Waals surface area (Å²) in [5.74, 6) is 0.785. The molecule has 0 saturated heterocycles. The molecule has 1 rings (SSSR count). The van der Waals surface area contributed by atoms with Crippen LogP contribution in [0.1, 0.15) is 26.5 Å². The Morgan fingerprint density at radius 1 is 1.48 bits per heavy atom. The van der Waals surface area contributed by atoms with Crippen molar-refractivity contribution in [2.75, 3.05) is 27.2 Å². The summed E-state index contributed by atoms with van der Waals surface area (Å²) in [6, 6.07) is 2.09. The fourth-order valence-corrected chi connectivity index (χ4v) is 2.76. The van der Waals surface area contributed by atoms with Gasteiger partial charge in [-0.15, -0.1) is 0 Å². The monoisotopic (exact) mass is 385 g/mol. The number of aliphatic imine (C=N–C) groups is 1. The lowest BCUT2D eigenvalue weighted by atomic mass is 9.93. The van der Waals surface area contributed by atoms with E-state index in [4.69, 9.17) is 0 Å². The second-order valence-corrected chi connectivity index (χ2v) is 7.17. The van der Waals surface area contributed by atoms with Gasteiger partial charge in [-0.25, -0.2) is 0 Å². The van der Waals surface area contributed by atoms with E-state index in [0.717, 1.165) is 23.5 Å². The molecule has 0 radical (unpaired) electrons. The lowest BCUT2D eigenvalue weighted by molar-refractivity contribution is -0.128. The van der Waals surface area contributed by atoms with Crippen molar-refractivity contribution in [1.29, 1.82) is 0 Å². The quantitative estimate of drug-likeness (QED) is 0.581. The third-order valence-corrected chi connectivity index (χ3v) is 4.07. The molecule has 0 aromatic carbocycles. The molecule has 0 unspecified atom stereocenters. The predicted octanol–water partition coefficient (Wildman–Crippen LogP) is 1.96. The number of carbonyl (C=O) groups excluding carboxylic acids is 1. The maximum atomic E-state index is 11.9.